The van der Waals surface area contributed by atoms with Crippen LogP contribution in [0.3, 0.4) is 0 Å². The average Bonchev–Trinajstić information content (AvgIpc) is 3.00. The van der Waals surface area contributed by atoms with Crippen molar-refractivity contribution in [3.05, 3.63) is 30.3 Å². The van der Waals surface area contributed by atoms with Crippen molar-refractivity contribution < 1.29 is 14.5 Å². The van der Waals surface area contributed by atoms with Crippen molar-refractivity contribution in [2.45, 2.75) is 45.6 Å². The fraction of sp³-hybridized carbons (Fsp3) is 0.600. The van der Waals surface area contributed by atoms with Crippen LogP contribution in [0.1, 0.15) is 39.5 Å². The number of rotatable bonds is 10. The lowest BCUT2D eigenvalue weighted by Crippen LogP contribution is -3.12. The number of nitrogens with zero attached hydrogens (tertiary/aromatic N) is 1. The normalized spacial score (nSPS) is 17.0. The first kappa shape index (κ1) is 20.2. The second-order valence-corrected chi connectivity index (χ2v) is 6.99. The predicted octanol–water partition coefficient (Wildman–Crippen LogP) is 1.19. The number of carbonyl (C=O) groups excluding carboxylic acids is 2. The number of para-hydroxylation sites is 1. The molecule has 1 atom stereocenters. The third kappa shape index (κ3) is 6.33. The van der Waals surface area contributed by atoms with Gasteiger partial charge in [0, 0.05) is 31.6 Å². The molecule has 26 heavy (non-hydrogen) atoms. The van der Waals surface area contributed by atoms with Crippen LogP contribution >= 0.6 is 0 Å². The molecule has 1 saturated heterocycles. The van der Waals surface area contributed by atoms with Crippen molar-refractivity contribution in [3.8, 4) is 0 Å². The highest BCUT2D eigenvalue weighted by Gasteiger charge is 2.31. The molecule has 1 aromatic rings. The Labute approximate surface area is 156 Å². The second-order valence-electron chi connectivity index (χ2n) is 6.99. The van der Waals surface area contributed by atoms with Crippen LogP contribution in [0.5, 0.6) is 0 Å². The van der Waals surface area contributed by atoms with Crippen LogP contribution in [0.15, 0.2) is 30.3 Å². The van der Waals surface area contributed by atoms with Crippen molar-refractivity contribution in [2.24, 2.45) is 0 Å². The minimum Gasteiger partial charge on any atom is -0.338 e. The molecule has 1 aliphatic rings. The molecule has 0 unspecified atom stereocenters. The van der Waals surface area contributed by atoms with Crippen LogP contribution in [-0.2, 0) is 4.79 Å². The van der Waals surface area contributed by atoms with Gasteiger partial charge in [-0.05, 0) is 25.0 Å². The molecular formula is C20H33N4O2+. The highest BCUT2D eigenvalue weighted by molar-refractivity contribution is 5.96. The van der Waals surface area contributed by atoms with Gasteiger partial charge in [-0.15, -0.1) is 0 Å². The first-order valence-corrected chi connectivity index (χ1v) is 9.87. The van der Waals surface area contributed by atoms with Crippen molar-refractivity contribution in [2.75, 3.05) is 37.6 Å². The molecule has 3 N–H and O–H groups in total. The number of amides is 3. The molecule has 0 saturated carbocycles. The van der Waals surface area contributed by atoms with E-state index in [0.717, 1.165) is 18.7 Å². The summed E-state index contributed by atoms with van der Waals surface area (Å²) in [7, 11) is 0. The van der Waals surface area contributed by atoms with Crippen molar-refractivity contribution in [1.29, 1.82) is 0 Å². The molecule has 2 rings (SSSR count). The number of carbonyl (C=O) groups is 2. The molecule has 6 nitrogen and oxygen atoms in total. The largest absolute Gasteiger partial charge is 0.338 e. The number of urea groups is 1. The third-order valence-corrected chi connectivity index (χ3v) is 4.73. The van der Waals surface area contributed by atoms with E-state index in [2.05, 4.69) is 24.5 Å². The summed E-state index contributed by atoms with van der Waals surface area (Å²) in [6, 6.07) is 9.28. The van der Waals surface area contributed by atoms with Crippen LogP contribution in [-0.4, -0.2) is 50.7 Å². The summed E-state index contributed by atoms with van der Waals surface area (Å²) in [5, 5.41) is 5.85. The Morgan fingerprint density at radius 1 is 1.15 bits per heavy atom. The Morgan fingerprint density at radius 3 is 2.50 bits per heavy atom. The number of benzene rings is 1. The van der Waals surface area contributed by atoms with Crippen molar-refractivity contribution >= 4 is 17.6 Å². The van der Waals surface area contributed by atoms with E-state index in [0.29, 0.717) is 19.5 Å². The van der Waals surface area contributed by atoms with Gasteiger partial charge in [-0.2, -0.15) is 0 Å². The smallest absolute Gasteiger partial charge is 0.315 e. The Hall–Kier alpha value is -2.08. The molecule has 0 aliphatic carbocycles. The number of hydrogen-bond donors (Lipinski definition) is 3. The monoisotopic (exact) mass is 361 g/mol. The molecule has 0 spiro atoms. The standard InChI is InChI=1S/C20H32N4O2/c1-3-12-23(13-4-2)14-8-11-21-20(26)22-17-15-19(25)24(16-17)18-9-6-5-7-10-18/h5-7,9-10,17H,3-4,8,11-16H2,1-2H3,(H2,21,22,26)/p+1/t17-/m0/s1. The summed E-state index contributed by atoms with van der Waals surface area (Å²) >= 11 is 0. The number of hydrogen-bond acceptors (Lipinski definition) is 2. The van der Waals surface area contributed by atoms with Gasteiger partial charge >= 0.3 is 6.03 Å². The summed E-state index contributed by atoms with van der Waals surface area (Å²) < 4.78 is 0. The lowest BCUT2D eigenvalue weighted by Gasteiger charge is -2.19. The topological polar surface area (TPSA) is 65.9 Å². The molecule has 1 fully saturated rings. The quantitative estimate of drug-likeness (QED) is 0.548. The van der Waals surface area contributed by atoms with Gasteiger partial charge in [0.25, 0.3) is 0 Å². The highest BCUT2D eigenvalue weighted by Crippen LogP contribution is 2.20. The van der Waals surface area contributed by atoms with E-state index in [1.165, 1.54) is 25.9 Å². The van der Waals surface area contributed by atoms with Gasteiger partial charge < -0.3 is 20.4 Å². The minimum absolute atomic E-state index is 0.0554. The van der Waals surface area contributed by atoms with Crippen LogP contribution in [0, 0.1) is 0 Å². The van der Waals surface area contributed by atoms with Gasteiger partial charge in [0.2, 0.25) is 5.91 Å². The molecule has 0 aromatic heterocycles. The highest BCUT2D eigenvalue weighted by atomic mass is 16.2. The molecule has 1 aromatic carbocycles. The van der Waals surface area contributed by atoms with Gasteiger partial charge in [0.15, 0.2) is 0 Å². The molecule has 1 aliphatic heterocycles. The zero-order valence-corrected chi connectivity index (χ0v) is 16.1. The molecule has 6 heteroatoms. The number of quaternary nitrogens is 1. The first-order valence-electron chi connectivity index (χ1n) is 9.87. The van der Waals surface area contributed by atoms with E-state index in [1.807, 2.05) is 30.3 Å². The van der Waals surface area contributed by atoms with Crippen LogP contribution in [0.2, 0.25) is 0 Å². The molecular weight excluding hydrogens is 328 g/mol. The molecule has 1 heterocycles. The van der Waals surface area contributed by atoms with Gasteiger partial charge in [0.05, 0.1) is 25.7 Å². The van der Waals surface area contributed by atoms with E-state index < -0.39 is 0 Å². The lowest BCUT2D eigenvalue weighted by molar-refractivity contribution is -0.900. The van der Waals surface area contributed by atoms with Crippen molar-refractivity contribution in [1.82, 2.24) is 10.6 Å². The van der Waals surface area contributed by atoms with E-state index >= 15 is 0 Å². The Balaban J connectivity index is 1.68. The maximum Gasteiger partial charge on any atom is 0.315 e. The average molecular weight is 362 g/mol. The summed E-state index contributed by atoms with van der Waals surface area (Å²) in [6.45, 7) is 9.10. The zero-order chi connectivity index (χ0) is 18.8. The van der Waals surface area contributed by atoms with E-state index in [4.69, 9.17) is 0 Å². The minimum atomic E-state index is -0.176. The zero-order valence-electron chi connectivity index (χ0n) is 16.1. The first-order chi connectivity index (χ1) is 12.6. The van der Waals surface area contributed by atoms with Crippen LogP contribution in [0.25, 0.3) is 0 Å². The lowest BCUT2D eigenvalue weighted by atomic mass is 10.2. The van der Waals surface area contributed by atoms with Gasteiger partial charge in [-0.25, -0.2) is 4.79 Å². The third-order valence-electron chi connectivity index (χ3n) is 4.73. The van der Waals surface area contributed by atoms with E-state index in [1.54, 1.807) is 9.80 Å². The second kappa shape index (κ2) is 10.8. The van der Waals surface area contributed by atoms with Gasteiger partial charge in [-0.1, -0.05) is 32.0 Å². The van der Waals surface area contributed by atoms with Crippen LogP contribution < -0.4 is 20.4 Å². The SMILES string of the molecule is CCC[NH+](CCC)CCCNC(=O)N[C@H]1CC(=O)N(c2ccccc2)C1. The van der Waals surface area contributed by atoms with Gasteiger partial charge in [0.1, 0.15) is 0 Å². The summed E-state index contributed by atoms with van der Waals surface area (Å²) in [5.41, 5.74) is 0.886. The summed E-state index contributed by atoms with van der Waals surface area (Å²) in [6.07, 6.45) is 3.71. The number of nitrogens with one attached hydrogen (secondary N) is 3. The van der Waals surface area contributed by atoms with Crippen LogP contribution in [0.4, 0.5) is 10.5 Å². The Morgan fingerprint density at radius 2 is 1.85 bits per heavy atom. The van der Waals surface area contributed by atoms with Crippen molar-refractivity contribution in [3.63, 3.8) is 0 Å². The number of anilines is 1. The molecule has 3 amide bonds. The summed E-state index contributed by atoms with van der Waals surface area (Å²) in [4.78, 5) is 27.6. The fourth-order valence-electron chi connectivity index (χ4n) is 3.52. The molecule has 0 radical (unpaired) electrons. The van der Waals surface area contributed by atoms with E-state index in [9.17, 15) is 9.59 Å². The maximum absolute atomic E-state index is 12.2. The molecule has 0 bridgehead atoms. The summed E-state index contributed by atoms with van der Waals surface area (Å²) in [5.74, 6) is 0.0554. The van der Waals surface area contributed by atoms with E-state index in [-0.39, 0.29) is 18.0 Å². The fourth-order valence-corrected chi connectivity index (χ4v) is 3.52. The Bertz CT molecular complexity index is 558. The predicted molar refractivity (Wildman–Crippen MR) is 104 cm³/mol. The Kier molecular flexibility index (Phi) is 8.41. The maximum atomic E-state index is 12.2. The van der Waals surface area contributed by atoms with Gasteiger partial charge in [-0.3, -0.25) is 4.79 Å². The molecule has 144 valence electrons.